The van der Waals surface area contributed by atoms with E-state index in [1.54, 1.807) is 0 Å². The van der Waals surface area contributed by atoms with Crippen LogP contribution in [0.4, 0.5) is 0 Å². The molecule has 0 heterocycles. The lowest BCUT2D eigenvalue weighted by atomic mass is 10.0. The monoisotopic (exact) mass is 236 g/mol. The van der Waals surface area contributed by atoms with Crippen LogP contribution < -0.4 is 0 Å². The first-order valence-corrected chi connectivity index (χ1v) is 5.61. The van der Waals surface area contributed by atoms with E-state index in [1.165, 1.54) is 18.2 Å². The summed E-state index contributed by atoms with van der Waals surface area (Å²) in [7, 11) is 0. The molecule has 0 saturated carbocycles. The number of hydrogen-bond donors (Lipinski definition) is 0. The van der Waals surface area contributed by atoms with E-state index in [1.807, 2.05) is 13.8 Å². The van der Waals surface area contributed by atoms with Crippen molar-refractivity contribution in [2.45, 2.75) is 26.7 Å². The second kappa shape index (κ2) is 6.13. The van der Waals surface area contributed by atoms with Gasteiger partial charge in [-0.2, -0.15) is 0 Å². The third-order valence-corrected chi connectivity index (χ3v) is 2.35. The Morgan fingerprint density at radius 1 is 1.29 bits per heavy atom. The highest BCUT2D eigenvalue weighted by Gasteiger charge is 2.15. The molecule has 17 heavy (non-hydrogen) atoms. The van der Waals surface area contributed by atoms with Crippen LogP contribution in [0, 0.1) is 5.92 Å². The molecule has 0 saturated heterocycles. The summed E-state index contributed by atoms with van der Waals surface area (Å²) < 4.78 is 4.94. The number of esters is 1. The Hall–Kier alpha value is -1.71. The summed E-state index contributed by atoms with van der Waals surface area (Å²) >= 11 is 0. The number of allylic oxidation sites excluding steroid dienone is 3. The van der Waals surface area contributed by atoms with Crippen LogP contribution in [-0.2, 0) is 19.1 Å². The maximum Gasteiger partial charge on any atom is 0.306 e. The van der Waals surface area contributed by atoms with Crippen molar-refractivity contribution < 1.29 is 19.1 Å². The van der Waals surface area contributed by atoms with Crippen LogP contribution in [0.2, 0.25) is 0 Å². The van der Waals surface area contributed by atoms with E-state index in [2.05, 4.69) is 0 Å². The minimum Gasteiger partial charge on any atom is -0.461 e. The normalized spacial score (nSPS) is 15.1. The van der Waals surface area contributed by atoms with Crippen molar-refractivity contribution in [2.75, 3.05) is 6.61 Å². The summed E-state index contributed by atoms with van der Waals surface area (Å²) in [6.45, 7) is 3.92. The molecule has 0 spiro atoms. The third-order valence-electron chi connectivity index (χ3n) is 2.35. The molecule has 0 bridgehead atoms. The third kappa shape index (κ3) is 4.76. The van der Waals surface area contributed by atoms with Crippen molar-refractivity contribution in [1.82, 2.24) is 0 Å². The Balaban J connectivity index is 2.38. The van der Waals surface area contributed by atoms with Crippen LogP contribution in [-0.4, -0.2) is 24.1 Å². The van der Waals surface area contributed by atoms with Gasteiger partial charge in [-0.3, -0.25) is 14.4 Å². The van der Waals surface area contributed by atoms with E-state index < -0.39 is 0 Å². The molecule has 0 fully saturated rings. The first-order chi connectivity index (χ1) is 7.99. The molecule has 0 aromatic rings. The fourth-order valence-corrected chi connectivity index (χ4v) is 1.31. The Morgan fingerprint density at radius 3 is 2.65 bits per heavy atom. The lowest BCUT2D eigenvalue weighted by Gasteiger charge is -2.09. The van der Waals surface area contributed by atoms with Gasteiger partial charge >= 0.3 is 5.97 Å². The Bertz CT molecular complexity index is 388. The number of carbonyl (C=O) groups is 3. The largest absolute Gasteiger partial charge is 0.461 e. The van der Waals surface area contributed by atoms with Crippen molar-refractivity contribution in [3.8, 4) is 0 Å². The zero-order valence-corrected chi connectivity index (χ0v) is 10.1. The summed E-state index contributed by atoms with van der Waals surface area (Å²) in [5.74, 6) is -0.434. The van der Waals surface area contributed by atoms with Crippen LogP contribution >= 0.6 is 0 Å². The number of carbonyl (C=O) groups excluding carboxylic acids is 3. The van der Waals surface area contributed by atoms with Crippen LogP contribution in [0.25, 0.3) is 0 Å². The molecule has 1 aliphatic carbocycles. The smallest absolute Gasteiger partial charge is 0.306 e. The van der Waals surface area contributed by atoms with Crippen molar-refractivity contribution in [1.29, 1.82) is 0 Å². The number of hydrogen-bond acceptors (Lipinski definition) is 4. The van der Waals surface area contributed by atoms with E-state index in [0.29, 0.717) is 12.3 Å². The molecule has 4 nitrogen and oxygen atoms in total. The fourth-order valence-electron chi connectivity index (χ4n) is 1.31. The summed E-state index contributed by atoms with van der Waals surface area (Å²) in [6.07, 6.45) is 4.69. The predicted molar refractivity (Wildman–Crippen MR) is 62.3 cm³/mol. The highest BCUT2D eigenvalue weighted by Crippen LogP contribution is 2.08. The molecule has 0 N–H and O–H groups in total. The number of ketones is 2. The van der Waals surface area contributed by atoms with Gasteiger partial charge < -0.3 is 4.74 Å². The highest BCUT2D eigenvalue weighted by molar-refractivity contribution is 6.17. The van der Waals surface area contributed by atoms with Crippen molar-refractivity contribution in [2.24, 2.45) is 5.92 Å². The van der Waals surface area contributed by atoms with E-state index in [4.69, 9.17) is 4.74 Å². The molecule has 4 heteroatoms. The molecular formula is C13H16O4. The SMILES string of the molecule is CC(C)CCC(=O)OCC1=CC(=O)C=CC1=O. The zero-order valence-electron chi connectivity index (χ0n) is 10.1. The molecular weight excluding hydrogens is 220 g/mol. The minimum atomic E-state index is -0.339. The van der Waals surface area contributed by atoms with Gasteiger partial charge in [-0.1, -0.05) is 13.8 Å². The Kier molecular flexibility index (Phi) is 4.82. The summed E-state index contributed by atoms with van der Waals surface area (Å²) in [4.78, 5) is 33.7. The van der Waals surface area contributed by atoms with Crippen LogP contribution in [0.5, 0.6) is 0 Å². The van der Waals surface area contributed by atoms with E-state index in [0.717, 1.165) is 6.42 Å². The van der Waals surface area contributed by atoms with Gasteiger partial charge in [-0.05, 0) is 30.6 Å². The molecule has 0 aromatic heterocycles. The Morgan fingerprint density at radius 2 is 2.00 bits per heavy atom. The molecule has 92 valence electrons. The van der Waals surface area contributed by atoms with E-state index in [-0.39, 0.29) is 29.7 Å². The minimum absolute atomic E-state index is 0.119. The molecule has 1 aliphatic rings. The second-order valence-corrected chi connectivity index (χ2v) is 4.36. The van der Waals surface area contributed by atoms with Gasteiger partial charge in [0.2, 0.25) is 0 Å². The molecule has 0 unspecified atom stereocenters. The number of ether oxygens (including phenoxy) is 1. The van der Waals surface area contributed by atoms with Gasteiger partial charge in [-0.25, -0.2) is 0 Å². The van der Waals surface area contributed by atoms with E-state index >= 15 is 0 Å². The molecule has 0 amide bonds. The second-order valence-electron chi connectivity index (χ2n) is 4.36. The van der Waals surface area contributed by atoms with Gasteiger partial charge in [0.15, 0.2) is 11.6 Å². The first-order valence-electron chi connectivity index (χ1n) is 5.61. The maximum absolute atomic E-state index is 11.3. The highest BCUT2D eigenvalue weighted by atomic mass is 16.5. The maximum atomic E-state index is 11.3. The lowest BCUT2D eigenvalue weighted by molar-refractivity contribution is -0.143. The average Bonchev–Trinajstić information content (AvgIpc) is 2.27. The van der Waals surface area contributed by atoms with Gasteiger partial charge in [0.1, 0.15) is 6.61 Å². The molecule has 1 rings (SSSR count). The fraction of sp³-hybridized carbons (Fsp3) is 0.462. The lowest BCUT2D eigenvalue weighted by Crippen LogP contribution is -2.15. The average molecular weight is 236 g/mol. The molecule has 0 radical (unpaired) electrons. The molecule has 0 atom stereocenters. The summed E-state index contributed by atoms with van der Waals surface area (Å²) in [5.41, 5.74) is 0.232. The van der Waals surface area contributed by atoms with E-state index in [9.17, 15) is 14.4 Å². The quantitative estimate of drug-likeness (QED) is 0.537. The first kappa shape index (κ1) is 13.4. The topological polar surface area (TPSA) is 60.4 Å². The van der Waals surface area contributed by atoms with Gasteiger partial charge in [-0.15, -0.1) is 0 Å². The van der Waals surface area contributed by atoms with Crippen molar-refractivity contribution in [3.63, 3.8) is 0 Å². The summed E-state index contributed by atoms with van der Waals surface area (Å²) in [6, 6.07) is 0. The number of rotatable bonds is 5. The van der Waals surface area contributed by atoms with Crippen LogP contribution in [0.15, 0.2) is 23.8 Å². The standard InChI is InChI=1S/C13H16O4/c1-9(2)3-6-13(16)17-8-10-7-11(14)4-5-12(10)15/h4-5,7,9H,3,6,8H2,1-2H3. The van der Waals surface area contributed by atoms with Crippen molar-refractivity contribution >= 4 is 17.5 Å². The van der Waals surface area contributed by atoms with Crippen molar-refractivity contribution in [3.05, 3.63) is 23.8 Å². The summed E-state index contributed by atoms with van der Waals surface area (Å²) in [5, 5.41) is 0. The molecule has 0 aliphatic heterocycles. The van der Waals surface area contributed by atoms with Crippen LogP contribution in [0.1, 0.15) is 26.7 Å². The van der Waals surface area contributed by atoms with Gasteiger partial charge in [0.25, 0.3) is 0 Å². The van der Waals surface area contributed by atoms with Gasteiger partial charge in [0, 0.05) is 12.0 Å². The predicted octanol–water partition coefficient (Wildman–Crippen LogP) is 1.60. The molecule has 0 aromatic carbocycles. The van der Waals surface area contributed by atoms with Gasteiger partial charge in [0.05, 0.1) is 0 Å². The van der Waals surface area contributed by atoms with Crippen LogP contribution in [0.3, 0.4) is 0 Å². The zero-order chi connectivity index (χ0) is 12.8. The Labute approximate surface area is 100 Å².